The smallest absolute Gasteiger partial charge is 0.394 e. The van der Waals surface area contributed by atoms with E-state index in [2.05, 4.69) is 59.8 Å². The number of allylic oxidation sites excluding steroid dienone is 7. The summed E-state index contributed by atoms with van der Waals surface area (Å²) < 4.78 is 47.6. The molecule has 1 amide bonds. The van der Waals surface area contributed by atoms with Crippen LogP contribution < -0.4 is 5.32 Å². The van der Waals surface area contributed by atoms with E-state index in [1.54, 1.807) is 6.08 Å². The second-order valence-corrected chi connectivity index (χ2v) is 19.6. The molecule has 8 unspecified atom stereocenters. The van der Waals surface area contributed by atoms with Gasteiger partial charge in [0.15, 0.2) is 6.29 Å². The van der Waals surface area contributed by atoms with Gasteiger partial charge in [-0.3, -0.25) is 9.35 Å². The number of aliphatic hydroxyl groups excluding tert-OH is 5. The molecule has 1 rings (SSSR count). The quantitative estimate of drug-likeness (QED) is 0.0173. The van der Waals surface area contributed by atoms with Gasteiger partial charge in [0, 0.05) is 0 Å². The number of rotatable bonds is 45. The first-order valence-corrected chi connectivity index (χ1v) is 28.0. The monoisotopic (exact) mass is 972 g/mol. The van der Waals surface area contributed by atoms with Gasteiger partial charge in [-0.2, -0.15) is 8.42 Å². The standard InChI is InChI=1S/C53H97NO12S/c1-3-5-7-9-11-13-15-17-19-21-23-25-27-29-31-33-35-37-39-41-46(56)45(44-64-53-50(59)51(66-67(61,62)63)49(58)48(43-55)65-53)54-52(60)47(57)42-40-38-36-34-32-30-28-26-24-22-20-18-16-14-12-10-8-6-4-2/h23-26,31,33,39,41,45-51,53,55-59H,3-22,27-30,32,34-38,40,42-44H2,1-2H3,(H,54,60)(H,61,62,63)/b25-23+,26-24-,33-31+,41-39+. The number of unbranched alkanes of at least 4 members (excludes halogenated alkanes) is 26. The lowest BCUT2D eigenvalue weighted by atomic mass is 9.99. The van der Waals surface area contributed by atoms with Crippen molar-refractivity contribution in [3.8, 4) is 0 Å². The van der Waals surface area contributed by atoms with Gasteiger partial charge in [-0.25, -0.2) is 4.18 Å². The molecule has 0 bridgehead atoms. The van der Waals surface area contributed by atoms with Gasteiger partial charge in [0.25, 0.3) is 0 Å². The van der Waals surface area contributed by atoms with Crippen molar-refractivity contribution in [1.82, 2.24) is 5.32 Å². The Hall–Kier alpha value is -1.98. The number of hydrogen-bond acceptors (Lipinski definition) is 11. The molecule has 0 radical (unpaired) electrons. The normalized spacial score (nSPS) is 20.7. The van der Waals surface area contributed by atoms with Gasteiger partial charge in [0.2, 0.25) is 5.91 Å². The zero-order valence-corrected chi connectivity index (χ0v) is 42.6. The van der Waals surface area contributed by atoms with E-state index in [-0.39, 0.29) is 6.42 Å². The highest BCUT2D eigenvalue weighted by molar-refractivity contribution is 7.80. The molecule has 7 N–H and O–H groups in total. The summed E-state index contributed by atoms with van der Waals surface area (Å²) in [5, 5.41) is 55.4. The van der Waals surface area contributed by atoms with Gasteiger partial charge in [-0.05, 0) is 70.6 Å². The predicted octanol–water partition coefficient (Wildman–Crippen LogP) is 10.6. The van der Waals surface area contributed by atoms with E-state index < -0.39 is 78.5 Å². The maximum Gasteiger partial charge on any atom is 0.397 e. The molecule has 0 aromatic carbocycles. The Balaban J connectivity index is 2.54. The minimum absolute atomic E-state index is 0.226. The van der Waals surface area contributed by atoms with Crippen molar-refractivity contribution < 1.29 is 57.0 Å². The lowest BCUT2D eigenvalue weighted by molar-refractivity contribution is -0.298. The molecule has 0 aromatic rings. The largest absolute Gasteiger partial charge is 0.397 e. The summed E-state index contributed by atoms with van der Waals surface area (Å²) in [6, 6.07) is -1.15. The highest BCUT2D eigenvalue weighted by Crippen LogP contribution is 2.26. The predicted molar refractivity (Wildman–Crippen MR) is 270 cm³/mol. The summed E-state index contributed by atoms with van der Waals surface area (Å²) in [6.45, 7) is 3.21. The number of carbonyl (C=O) groups is 1. The highest BCUT2D eigenvalue weighted by Gasteiger charge is 2.48. The summed E-state index contributed by atoms with van der Waals surface area (Å²) in [6.07, 6.45) is 41.9. The summed E-state index contributed by atoms with van der Waals surface area (Å²) in [5.41, 5.74) is 0. The van der Waals surface area contributed by atoms with E-state index >= 15 is 0 Å². The Morgan fingerprint density at radius 1 is 0.597 bits per heavy atom. The van der Waals surface area contributed by atoms with Gasteiger partial charge in [-0.1, -0.05) is 197 Å². The van der Waals surface area contributed by atoms with Crippen molar-refractivity contribution in [3.05, 3.63) is 48.6 Å². The van der Waals surface area contributed by atoms with Gasteiger partial charge in [-0.15, -0.1) is 0 Å². The first-order valence-electron chi connectivity index (χ1n) is 26.6. The third-order valence-corrected chi connectivity index (χ3v) is 12.9. The van der Waals surface area contributed by atoms with E-state index in [0.29, 0.717) is 12.8 Å². The van der Waals surface area contributed by atoms with E-state index in [1.165, 1.54) is 122 Å². The molecule has 392 valence electrons. The van der Waals surface area contributed by atoms with Crippen LogP contribution in [0.5, 0.6) is 0 Å². The van der Waals surface area contributed by atoms with Crippen molar-refractivity contribution in [2.24, 2.45) is 0 Å². The molecule has 0 spiro atoms. The van der Waals surface area contributed by atoms with Gasteiger partial charge < -0.3 is 40.3 Å². The molecule has 67 heavy (non-hydrogen) atoms. The molecule has 1 aliphatic heterocycles. The van der Waals surface area contributed by atoms with Gasteiger partial charge >= 0.3 is 10.4 Å². The third-order valence-electron chi connectivity index (χ3n) is 12.4. The number of ether oxygens (including phenoxy) is 2. The molecular weight excluding hydrogens is 875 g/mol. The Bertz CT molecular complexity index is 1390. The molecule has 14 heteroatoms. The lowest BCUT2D eigenvalue weighted by Crippen LogP contribution is -2.61. The van der Waals surface area contributed by atoms with Crippen LogP contribution in [0.25, 0.3) is 0 Å². The minimum atomic E-state index is -5.13. The average Bonchev–Trinajstić information content (AvgIpc) is 3.30. The summed E-state index contributed by atoms with van der Waals surface area (Å²) in [7, 11) is -5.13. The van der Waals surface area contributed by atoms with Gasteiger partial charge in [0.1, 0.15) is 30.5 Å². The molecule has 8 atom stereocenters. The van der Waals surface area contributed by atoms with Crippen LogP contribution >= 0.6 is 0 Å². The van der Waals surface area contributed by atoms with Crippen molar-refractivity contribution in [3.63, 3.8) is 0 Å². The maximum absolute atomic E-state index is 13.2. The third kappa shape index (κ3) is 34.9. The summed E-state index contributed by atoms with van der Waals surface area (Å²) in [4.78, 5) is 13.2. The highest BCUT2D eigenvalue weighted by atomic mass is 32.3. The van der Waals surface area contributed by atoms with Gasteiger partial charge in [0.05, 0.1) is 25.4 Å². The fourth-order valence-corrected chi connectivity index (χ4v) is 8.70. The maximum atomic E-state index is 13.2. The second-order valence-electron chi connectivity index (χ2n) is 18.6. The number of nitrogens with one attached hydrogen (secondary N) is 1. The summed E-state index contributed by atoms with van der Waals surface area (Å²) in [5.74, 6) is -0.721. The summed E-state index contributed by atoms with van der Waals surface area (Å²) >= 11 is 0. The second kappa shape index (κ2) is 42.9. The van der Waals surface area contributed by atoms with E-state index in [4.69, 9.17) is 9.47 Å². The van der Waals surface area contributed by atoms with E-state index in [9.17, 15) is 43.3 Å². The Kier molecular flexibility index (Phi) is 40.3. The van der Waals surface area contributed by atoms with Crippen LogP contribution in [0.1, 0.15) is 219 Å². The number of carbonyl (C=O) groups excluding carboxylic acids is 1. The minimum Gasteiger partial charge on any atom is -0.394 e. The topological polar surface area (TPSA) is 212 Å². The number of aliphatic hydroxyl groups is 5. The molecule has 1 saturated heterocycles. The molecule has 1 fully saturated rings. The molecule has 0 aliphatic carbocycles. The zero-order valence-electron chi connectivity index (χ0n) is 41.8. The molecule has 0 saturated carbocycles. The first-order chi connectivity index (χ1) is 32.4. The average molecular weight is 972 g/mol. The molecule has 0 aromatic heterocycles. The fraction of sp³-hybridized carbons (Fsp3) is 0.830. The number of amides is 1. The van der Waals surface area contributed by atoms with Crippen LogP contribution in [0.4, 0.5) is 0 Å². The molecular formula is C53H97NO12S. The SMILES string of the molecule is CCCCCCCCCCC/C=C\CCCCCCCCC(O)C(=O)NC(COC1OC(CO)C(O)C(OS(=O)(=O)O)C1O)C(O)/C=C/CC/C=C/CC/C=C/CCCCCCCCCCC. The van der Waals surface area contributed by atoms with E-state index in [0.717, 1.165) is 70.6 Å². The van der Waals surface area contributed by atoms with Crippen LogP contribution in [0.2, 0.25) is 0 Å². The number of hydrogen-bond donors (Lipinski definition) is 7. The lowest BCUT2D eigenvalue weighted by Gasteiger charge is -2.41. The van der Waals surface area contributed by atoms with E-state index in [1.807, 2.05) is 0 Å². The molecule has 1 heterocycles. The van der Waals surface area contributed by atoms with Crippen molar-refractivity contribution >= 4 is 16.3 Å². The van der Waals surface area contributed by atoms with Crippen LogP contribution in [0.3, 0.4) is 0 Å². The zero-order chi connectivity index (χ0) is 49.2. The van der Waals surface area contributed by atoms with Crippen LogP contribution in [-0.2, 0) is 28.9 Å². The van der Waals surface area contributed by atoms with Crippen molar-refractivity contribution in [1.29, 1.82) is 0 Å². The van der Waals surface area contributed by atoms with Crippen LogP contribution in [0, 0.1) is 0 Å². The Labute approximate surface area is 407 Å². The Morgan fingerprint density at radius 2 is 1.00 bits per heavy atom. The van der Waals surface area contributed by atoms with Crippen LogP contribution in [0.15, 0.2) is 48.6 Å². The Morgan fingerprint density at radius 3 is 1.43 bits per heavy atom. The van der Waals surface area contributed by atoms with Crippen molar-refractivity contribution in [2.75, 3.05) is 13.2 Å². The molecule has 1 aliphatic rings. The van der Waals surface area contributed by atoms with Crippen LogP contribution in [-0.4, -0.2) is 107 Å². The molecule has 13 nitrogen and oxygen atoms in total. The van der Waals surface area contributed by atoms with Crippen molar-refractivity contribution in [2.45, 2.75) is 268 Å². The fourth-order valence-electron chi connectivity index (χ4n) is 8.19. The first kappa shape index (κ1) is 63.0.